The van der Waals surface area contributed by atoms with Gasteiger partial charge in [-0.05, 0) is 19.4 Å². The van der Waals surface area contributed by atoms with Crippen molar-refractivity contribution in [2.75, 3.05) is 6.54 Å². The molecule has 1 aliphatic heterocycles. The van der Waals surface area contributed by atoms with Gasteiger partial charge in [-0.1, -0.05) is 13.8 Å². The Kier molecular flexibility index (Phi) is 13.3. The number of carboxylic acids is 2. The molecule has 0 aromatic heterocycles. The minimum absolute atomic E-state index is 0.0116. The van der Waals surface area contributed by atoms with Gasteiger partial charge in [0.1, 0.15) is 0 Å². The van der Waals surface area contributed by atoms with Crippen LogP contribution in [0, 0.1) is 0 Å². The normalized spacial score (nSPS) is 16.3. The van der Waals surface area contributed by atoms with E-state index in [0.717, 1.165) is 19.4 Å². The summed E-state index contributed by atoms with van der Waals surface area (Å²) in [4.78, 5) is 29.1. The second-order valence-corrected chi connectivity index (χ2v) is 3.69. The molecule has 0 saturated carbocycles. The number of carbonyl (C=O) groups is 3. The Morgan fingerprint density at radius 1 is 1.16 bits per heavy atom. The van der Waals surface area contributed by atoms with Crippen molar-refractivity contribution in [3.05, 3.63) is 0 Å². The number of ether oxygens (including phenoxy) is 1. The van der Waals surface area contributed by atoms with Crippen LogP contribution in [0.4, 0.5) is 0 Å². The molecule has 1 aliphatic rings. The smallest absolute Gasteiger partial charge is 0.304 e. The van der Waals surface area contributed by atoms with Crippen molar-refractivity contribution in [1.82, 2.24) is 5.32 Å². The van der Waals surface area contributed by atoms with Crippen molar-refractivity contribution in [1.29, 1.82) is 0 Å². The van der Waals surface area contributed by atoms with Crippen LogP contribution in [0.3, 0.4) is 0 Å². The van der Waals surface area contributed by atoms with E-state index in [9.17, 15) is 14.4 Å². The molecule has 1 heterocycles. The van der Waals surface area contributed by atoms with E-state index in [1.165, 1.54) is 6.92 Å². The standard InChI is InChI=1S/C6H11NO2.2C3H6O2/c1-5(8)9-6-3-2-4-7-6;2*1-2-3(4)5/h6-7H,2-4H2,1H3;2*2H2,1H3,(H,4,5). The van der Waals surface area contributed by atoms with Crippen LogP contribution in [-0.4, -0.2) is 40.9 Å². The summed E-state index contributed by atoms with van der Waals surface area (Å²) in [6.45, 7) is 5.60. The topological polar surface area (TPSA) is 113 Å². The molecule has 3 N–H and O–H groups in total. The molecule has 0 spiro atoms. The summed E-state index contributed by atoms with van der Waals surface area (Å²) in [6.07, 6.45) is 2.50. The van der Waals surface area contributed by atoms with E-state index in [-0.39, 0.29) is 25.0 Å². The molecular weight excluding hydrogens is 254 g/mol. The summed E-state index contributed by atoms with van der Waals surface area (Å²) >= 11 is 0. The van der Waals surface area contributed by atoms with Gasteiger partial charge in [-0.25, -0.2) is 0 Å². The zero-order valence-corrected chi connectivity index (χ0v) is 11.6. The molecule has 0 aromatic rings. The first-order chi connectivity index (χ1) is 8.83. The maximum atomic E-state index is 10.3. The number of carboxylic acid groups (broad SMARTS) is 2. The highest BCUT2D eigenvalue weighted by Crippen LogP contribution is 2.05. The van der Waals surface area contributed by atoms with Crippen molar-refractivity contribution in [2.24, 2.45) is 0 Å². The third-order valence-corrected chi connectivity index (χ3v) is 1.93. The average molecular weight is 277 g/mol. The van der Waals surface area contributed by atoms with Crippen molar-refractivity contribution in [2.45, 2.75) is 52.7 Å². The Labute approximate surface area is 112 Å². The zero-order valence-electron chi connectivity index (χ0n) is 11.6. The van der Waals surface area contributed by atoms with Gasteiger partial charge in [0.05, 0.1) is 0 Å². The fraction of sp³-hybridized carbons (Fsp3) is 0.750. The Hall–Kier alpha value is -1.63. The number of carbonyl (C=O) groups excluding carboxylic acids is 1. The van der Waals surface area contributed by atoms with E-state index >= 15 is 0 Å². The van der Waals surface area contributed by atoms with Gasteiger partial charge in [-0.15, -0.1) is 0 Å². The highest BCUT2D eigenvalue weighted by atomic mass is 16.6. The molecule has 1 rings (SSSR count). The van der Waals surface area contributed by atoms with Crippen LogP contribution in [0.2, 0.25) is 0 Å². The van der Waals surface area contributed by atoms with Gasteiger partial charge < -0.3 is 14.9 Å². The summed E-state index contributed by atoms with van der Waals surface area (Å²) < 4.78 is 4.86. The molecule has 112 valence electrons. The first-order valence-corrected chi connectivity index (χ1v) is 6.17. The third kappa shape index (κ3) is 18.9. The number of aliphatic carboxylic acids is 2. The van der Waals surface area contributed by atoms with Gasteiger partial charge in [-0.2, -0.15) is 0 Å². The van der Waals surface area contributed by atoms with Crippen LogP contribution >= 0.6 is 0 Å². The average Bonchev–Trinajstić information content (AvgIpc) is 2.82. The van der Waals surface area contributed by atoms with Crippen LogP contribution in [0.1, 0.15) is 46.5 Å². The van der Waals surface area contributed by atoms with Gasteiger partial charge in [0.2, 0.25) is 0 Å². The second-order valence-electron chi connectivity index (χ2n) is 3.69. The van der Waals surface area contributed by atoms with E-state index in [2.05, 4.69) is 5.32 Å². The molecule has 19 heavy (non-hydrogen) atoms. The molecule has 1 fully saturated rings. The SMILES string of the molecule is CC(=O)OC1CCCN1.CCC(=O)O.CCC(=O)O. The Morgan fingerprint density at radius 3 is 1.79 bits per heavy atom. The van der Waals surface area contributed by atoms with Crippen LogP contribution < -0.4 is 5.32 Å². The minimum Gasteiger partial charge on any atom is -0.481 e. The second kappa shape index (κ2) is 12.8. The predicted molar refractivity (Wildman–Crippen MR) is 68.6 cm³/mol. The predicted octanol–water partition coefficient (Wildman–Crippen LogP) is 1.22. The number of esters is 1. The minimum atomic E-state index is -0.745. The fourth-order valence-electron chi connectivity index (χ4n) is 0.953. The van der Waals surface area contributed by atoms with Gasteiger partial charge >= 0.3 is 17.9 Å². The van der Waals surface area contributed by atoms with Crippen LogP contribution in [0.5, 0.6) is 0 Å². The van der Waals surface area contributed by atoms with E-state index in [4.69, 9.17) is 14.9 Å². The van der Waals surface area contributed by atoms with Gasteiger partial charge in [0.15, 0.2) is 6.23 Å². The molecule has 1 atom stereocenters. The Bertz CT molecular complexity index is 259. The van der Waals surface area contributed by atoms with Crippen molar-refractivity contribution in [3.8, 4) is 0 Å². The molecule has 0 radical (unpaired) electrons. The Morgan fingerprint density at radius 2 is 1.58 bits per heavy atom. The number of rotatable bonds is 3. The van der Waals surface area contributed by atoms with Gasteiger partial charge in [0, 0.05) is 19.8 Å². The van der Waals surface area contributed by atoms with Gasteiger partial charge in [-0.3, -0.25) is 19.7 Å². The Balaban J connectivity index is 0. The maximum absolute atomic E-state index is 10.3. The fourth-order valence-corrected chi connectivity index (χ4v) is 0.953. The van der Waals surface area contributed by atoms with E-state index in [1.807, 2.05) is 0 Å². The first-order valence-electron chi connectivity index (χ1n) is 6.17. The lowest BCUT2D eigenvalue weighted by atomic mass is 10.4. The van der Waals surface area contributed by atoms with E-state index in [0.29, 0.717) is 0 Å². The molecule has 1 unspecified atom stereocenters. The van der Waals surface area contributed by atoms with E-state index in [1.54, 1.807) is 13.8 Å². The lowest BCUT2D eigenvalue weighted by Gasteiger charge is -2.08. The van der Waals surface area contributed by atoms with Crippen LogP contribution in [0.15, 0.2) is 0 Å². The monoisotopic (exact) mass is 277 g/mol. The summed E-state index contributed by atoms with van der Waals surface area (Å²) in [5.74, 6) is -1.69. The summed E-state index contributed by atoms with van der Waals surface area (Å²) in [5, 5.41) is 18.5. The highest BCUT2D eigenvalue weighted by molar-refractivity contribution is 5.66. The first kappa shape index (κ1) is 19.7. The maximum Gasteiger partial charge on any atom is 0.304 e. The number of hydrogen-bond acceptors (Lipinski definition) is 5. The molecule has 0 aromatic carbocycles. The summed E-state index contributed by atoms with van der Waals surface area (Å²) in [7, 11) is 0. The number of nitrogens with one attached hydrogen (secondary N) is 1. The molecule has 0 bridgehead atoms. The molecule has 7 nitrogen and oxygen atoms in total. The van der Waals surface area contributed by atoms with E-state index < -0.39 is 11.9 Å². The van der Waals surface area contributed by atoms with Crippen molar-refractivity contribution < 1.29 is 29.3 Å². The lowest BCUT2D eigenvalue weighted by Crippen LogP contribution is -2.26. The third-order valence-electron chi connectivity index (χ3n) is 1.93. The number of hydrogen-bond donors (Lipinski definition) is 3. The largest absolute Gasteiger partial charge is 0.481 e. The van der Waals surface area contributed by atoms with Crippen molar-refractivity contribution in [3.63, 3.8) is 0 Å². The molecule has 0 amide bonds. The lowest BCUT2D eigenvalue weighted by molar-refractivity contribution is -0.147. The molecule has 0 aliphatic carbocycles. The van der Waals surface area contributed by atoms with Gasteiger partial charge in [0.25, 0.3) is 0 Å². The summed E-state index contributed by atoms with van der Waals surface area (Å²) in [5.41, 5.74) is 0. The summed E-state index contributed by atoms with van der Waals surface area (Å²) in [6, 6.07) is 0. The zero-order chi connectivity index (χ0) is 15.3. The molecule has 7 heteroatoms. The van der Waals surface area contributed by atoms with Crippen molar-refractivity contribution >= 4 is 17.9 Å². The highest BCUT2D eigenvalue weighted by Gasteiger charge is 2.15. The van der Waals surface area contributed by atoms with Crippen LogP contribution in [-0.2, 0) is 19.1 Å². The molecule has 1 saturated heterocycles. The quantitative estimate of drug-likeness (QED) is 0.665. The molecular formula is C12H23NO6. The van der Waals surface area contributed by atoms with Crippen LogP contribution in [0.25, 0.3) is 0 Å².